The van der Waals surface area contributed by atoms with Crippen LogP contribution >= 0.6 is 0 Å². The van der Waals surface area contributed by atoms with Crippen molar-refractivity contribution in [1.82, 2.24) is 19.3 Å². The molecule has 0 atom stereocenters. The highest BCUT2D eigenvalue weighted by atomic mass is 16.5. The molecule has 6 heteroatoms. The van der Waals surface area contributed by atoms with Gasteiger partial charge in [0.05, 0.1) is 28.3 Å². The van der Waals surface area contributed by atoms with Crippen LogP contribution in [0.3, 0.4) is 0 Å². The molecule has 0 N–H and O–H groups in total. The molecule has 0 aliphatic rings. The molecule has 0 saturated heterocycles. The predicted octanol–water partition coefficient (Wildman–Crippen LogP) is 10.6. The fourth-order valence-corrected chi connectivity index (χ4v) is 7.13. The zero-order valence-corrected chi connectivity index (χ0v) is 26.2. The van der Waals surface area contributed by atoms with Crippen molar-refractivity contribution in [2.45, 2.75) is 20.8 Å². The Balaban J connectivity index is 1.15. The van der Waals surface area contributed by atoms with Crippen molar-refractivity contribution in [1.29, 1.82) is 0 Å². The Labute approximate surface area is 271 Å². The topological polar surface area (TPSA) is 58.0 Å². The number of pyridine rings is 1. The molecule has 47 heavy (non-hydrogen) atoms. The Morgan fingerprint density at radius 1 is 0.681 bits per heavy atom. The number of benzene rings is 5. The van der Waals surface area contributed by atoms with E-state index in [0.717, 1.165) is 72.3 Å². The minimum atomic E-state index is 0.727. The van der Waals surface area contributed by atoms with E-state index in [1.165, 1.54) is 22.3 Å². The quantitative estimate of drug-likeness (QED) is 0.195. The molecule has 0 bridgehead atoms. The summed E-state index contributed by atoms with van der Waals surface area (Å²) in [6, 6.07) is 37.1. The van der Waals surface area contributed by atoms with Crippen LogP contribution in [0.5, 0.6) is 11.5 Å². The van der Waals surface area contributed by atoms with Crippen LogP contribution in [0.15, 0.2) is 132 Å². The summed E-state index contributed by atoms with van der Waals surface area (Å²) in [7, 11) is 0. The summed E-state index contributed by atoms with van der Waals surface area (Å²) in [5.74, 6) is 2.29. The van der Waals surface area contributed by atoms with Gasteiger partial charge >= 0.3 is 0 Å². The highest BCUT2D eigenvalue weighted by Gasteiger charge is 2.20. The van der Waals surface area contributed by atoms with E-state index in [1.54, 1.807) is 0 Å². The van der Waals surface area contributed by atoms with Gasteiger partial charge in [-0.2, -0.15) is 5.10 Å². The molecule has 0 aliphatic carbocycles. The first kappa shape index (κ1) is 27.2. The number of nitrogens with zero attached hydrogens (tertiary/aromatic N) is 4. The van der Waals surface area contributed by atoms with E-state index in [0.29, 0.717) is 0 Å². The maximum atomic E-state index is 6.53. The molecule has 4 aromatic heterocycles. The zero-order valence-electron chi connectivity index (χ0n) is 26.2. The average Bonchev–Trinajstić information content (AvgIpc) is 3.79. The van der Waals surface area contributed by atoms with Crippen LogP contribution in [0.2, 0.25) is 0 Å². The molecular formula is C41H30N4O2. The van der Waals surface area contributed by atoms with Crippen LogP contribution in [-0.4, -0.2) is 19.3 Å². The first-order valence-corrected chi connectivity index (χ1v) is 15.7. The Bertz CT molecular complexity index is 2620. The van der Waals surface area contributed by atoms with Gasteiger partial charge in [0.15, 0.2) is 0 Å². The molecule has 9 rings (SSSR count). The van der Waals surface area contributed by atoms with Gasteiger partial charge in [0.25, 0.3) is 0 Å². The number of rotatable bonds is 5. The molecule has 0 spiro atoms. The van der Waals surface area contributed by atoms with E-state index < -0.39 is 0 Å². The molecule has 0 aliphatic heterocycles. The molecule has 226 valence electrons. The van der Waals surface area contributed by atoms with Gasteiger partial charge in [0.2, 0.25) is 0 Å². The van der Waals surface area contributed by atoms with Crippen LogP contribution < -0.4 is 4.74 Å². The van der Waals surface area contributed by atoms with Crippen LogP contribution in [0.4, 0.5) is 0 Å². The molecule has 0 unspecified atom stereocenters. The van der Waals surface area contributed by atoms with E-state index in [4.69, 9.17) is 19.2 Å². The summed E-state index contributed by atoms with van der Waals surface area (Å²) in [5.41, 5.74) is 10.8. The zero-order chi connectivity index (χ0) is 31.6. The molecule has 5 aromatic carbocycles. The van der Waals surface area contributed by atoms with Crippen molar-refractivity contribution in [3.8, 4) is 34.1 Å². The molecule has 0 fully saturated rings. The number of ether oxygens (including phenoxy) is 1. The van der Waals surface area contributed by atoms with Crippen LogP contribution in [0.1, 0.15) is 16.7 Å². The number of hydrogen-bond donors (Lipinski definition) is 0. The maximum Gasteiger partial charge on any atom is 0.137 e. The third-order valence-electron chi connectivity index (χ3n) is 8.98. The number of aromatic nitrogens is 4. The molecular weight excluding hydrogens is 580 g/mol. The van der Waals surface area contributed by atoms with E-state index in [9.17, 15) is 0 Å². The second-order valence-electron chi connectivity index (χ2n) is 12.2. The first-order chi connectivity index (χ1) is 23.0. The summed E-state index contributed by atoms with van der Waals surface area (Å²) in [5, 5.41) is 9.11. The van der Waals surface area contributed by atoms with Crippen molar-refractivity contribution in [2.24, 2.45) is 0 Å². The van der Waals surface area contributed by atoms with Crippen LogP contribution in [-0.2, 0) is 0 Å². The highest BCUT2D eigenvalue weighted by molar-refractivity contribution is 6.24. The normalized spacial score (nSPS) is 11.7. The molecule has 4 heterocycles. The fraction of sp³-hybridized carbons (Fsp3) is 0.0732. The second-order valence-corrected chi connectivity index (χ2v) is 12.2. The van der Waals surface area contributed by atoms with Gasteiger partial charge in [0, 0.05) is 46.2 Å². The summed E-state index contributed by atoms with van der Waals surface area (Å²) in [6.45, 7) is 6.45. The van der Waals surface area contributed by atoms with Crippen molar-refractivity contribution < 1.29 is 9.15 Å². The fourth-order valence-electron chi connectivity index (χ4n) is 7.13. The summed E-state index contributed by atoms with van der Waals surface area (Å²) < 4.78 is 16.9. The van der Waals surface area contributed by atoms with Gasteiger partial charge in [-0.25, -0.2) is 9.67 Å². The lowest BCUT2D eigenvalue weighted by Crippen LogP contribution is -1.97. The number of fused-ring (bicyclic) bond motifs is 7. The van der Waals surface area contributed by atoms with Gasteiger partial charge in [-0.05, 0) is 92.1 Å². The van der Waals surface area contributed by atoms with Gasteiger partial charge in [-0.3, -0.25) is 4.57 Å². The van der Waals surface area contributed by atoms with Crippen LogP contribution in [0, 0.1) is 20.8 Å². The Kier molecular flexibility index (Phi) is 6.05. The van der Waals surface area contributed by atoms with Gasteiger partial charge < -0.3 is 9.15 Å². The summed E-state index contributed by atoms with van der Waals surface area (Å²) >= 11 is 0. The van der Waals surface area contributed by atoms with E-state index >= 15 is 0 Å². The van der Waals surface area contributed by atoms with Gasteiger partial charge in [-0.1, -0.05) is 48.0 Å². The number of hydrogen-bond acceptors (Lipinski definition) is 4. The van der Waals surface area contributed by atoms with E-state index in [1.807, 2.05) is 77.7 Å². The minimum absolute atomic E-state index is 0.727. The molecule has 6 nitrogen and oxygen atoms in total. The standard InChI is InChI=1S/C41H30N4O2/c1-25-19-26(2)39(27(3)20-25)28-23-43-44(24-28)29-9-8-10-30(21-29)46-31-14-15-32-33-16-17-37-40(34-11-4-5-12-36(34)47-37)41(33)45(35(32)22-31)38-13-6-7-18-42-38/h4-24H,1-3H3. The lowest BCUT2D eigenvalue weighted by molar-refractivity contribution is 0.483. The number of para-hydroxylation sites is 1. The maximum absolute atomic E-state index is 6.53. The Hall–Kier alpha value is -6.14. The minimum Gasteiger partial charge on any atom is -0.457 e. The molecule has 0 amide bonds. The van der Waals surface area contributed by atoms with E-state index in [-0.39, 0.29) is 0 Å². The van der Waals surface area contributed by atoms with Gasteiger partial charge in [-0.15, -0.1) is 0 Å². The first-order valence-electron chi connectivity index (χ1n) is 15.7. The van der Waals surface area contributed by atoms with E-state index in [2.05, 4.69) is 80.1 Å². The third-order valence-corrected chi connectivity index (χ3v) is 8.98. The van der Waals surface area contributed by atoms with Gasteiger partial charge in [0.1, 0.15) is 28.5 Å². The lowest BCUT2D eigenvalue weighted by Gasteiger charge is -2.10. The number of aryl methyl sites for hydroxylation is 3. The van der Waals surface area contributed by atoms with Crippen molar-refractivity contribution in [3.05, 3.63) is 144 Å². The monoisotopic (exact) mass is 610 g/mol. The van der Waals surface area contributed by atoms with Crippen molar-refractivity contribution in [2.75, 3.05) is 0 Å². The third kappa shape index (κ3) is 4.41. The SMILES string of the molecule is Cc1cc(C)c(-c2cnn(-c3cccc(Oc4ccc5c6ccc7oc8ccccc8c7c6n(-c6ccccn6)c5c4)c3)c2)c(C)c1. The smallest absolute Gasteiger partial charge is 0.137 e. The molecule has 0 radical (unpaired) electrons. The van der Waals surface area contributed by atoms with Crippen molar-refractivity contribution in [3.63, 3.8) is 0 Å². The predicted molar refractivity (Wildman–Crippen MR) is 189 cm³/mol. The lowest BCUT2D eigenvalue weighted by atomic mass is 9.96. The summed E-state index contributed by atoms with van der Waals surface area (Å²) in [6.07, 6.45) is 5.85. The second kappa shape index (κ2) is 10.5. The number of furan rings is 1. The Morgan fingerprint density at radius 3 is 2.34 bits per heavy atom. The van der Waals surface area contributed by atoms with Crippen LogP contribution in [0.25, 0.3) is 66.4 Å². The van der Waals surface area contributed by atoms with Crippen molar-refractivity contribution >= 4 is 43.7 Å². The molecule has 0 saturated carbocycles. The molecule has 9 aromatic rings. The average molecular weight is 611 g/mol. The Morgan fingerprint density at radius 2 is 1.49 bits per heavy atom. The largest absolute Gasteiger partial charge is 0.457 e. The summed E-state index contributed by atoms with van der Waals surface area (Å²) in [4.78, 5) is 4.77. The highest BCUT2D eigenvalue weighted by Crippen LogP contribution is 2.41.